The van der Waals surface area contributed by atoms with E-state index in [1.807, 2.05) is 18.3 Å². The second kappa shape index (κ2) is 8.88. The average molecular weight is 419 g/mol. The van der Waals surface area contributed by atoms with Crippen LogP contribution < -0.4 is 14.2 Å². The van der Waals surface area contributed by atoms with Gasteiger partial charge >= 0.3 is 0 Å². The lowest BCUT2D eigenvalue weighted by Gasteiger charge is -2.27. The topological polar surface area (TPSA) is 72.5 Å². The molecule has 0 spiro atoms. The van der Waals surface area contributed by atoms with Gasteiger partial charge in [-0.15, -0.1) is 12.4 Å². The molecule has 0 unspecified atom stereocenters. The zero-order valence-electron chi connectivity index (χ0n) is 17.2. The molecule has 0 radical (unpaired) electrons. The Kier molecular flexibility index (Phi) is 6.49. The van der Waals surface area contributed by atoms with E-state index in [4.69, 9.17) is 19.2 Å². The highest BCUT2D eigenvalue weighted by Crippen LogP contribution is 2.41. The smallest absolute Gasteiger partial charge is 0.203 e. The van der Waals surface area contributed by atoms with Crippen molar-refractivity contribution in [3.63, 3.8) is 0 Å². The Labute approximate surface area is 176 Å². The van der Waals surface area contributed by atoms with E-state index in [1.165, 1.54) is 0 Å². The molecule has 8 heteroatoms. The van der Waals surface area contributed by atoms with Gasteiger partial charge < -0.3 is 24.1 Å². The third-order valence-corrected chi connectivity index (χ3v) is 5.45. The third kappa shape index (κ3) is 4.11. The molecule has 1 fully saturated rings. The highest BCUT2D eigenvalue weighted by molar-refractivity contribution is 5.85. The van der Waals surface area contributed by atoms with E-state index in [2.05, 4.69) is 28.0 Å². The lowest BCUT2D eigenvalue weighted by Crippen LogP contribution is -2.29. The third-order valence-electron chi connectivity index (χ3n) is 5.45. The number of methoxy groups -OCH3 is 3. The van der Waals surface area contributed by atoms with Gasteiger partial charge in [0.05, 0.1) is 38.6 Å². The fourth-order valence-electron chi connectivity index (χ4n) is 3.79. The maximum atomic E-state index is 5.47. The van der Waals surface area contributed by atoms with Crippen molar-refractivity contribution in [1.29, 1.82) is 0 Å². The summed E-state index contributed by atoms with van der Waals surface area (Å²) in [5.74, 6) is 3.19. The van der Waals surface area contributed by atoms with Gasteiger partial charge in [0.2, 0.25) is 5.75 Å². The molecule has 3 heterocycles. The fraction of sp³-hybridized carbons (Fsp3) is 0.429. The first-order chi connectivity index (χ1) is 13.6. The van der Waals surface area contributed by atoms with Gasteiger partial charge in [-0.25, -0.2) is 9.97 Å². The van der Waals surface area contributed by atoms with Crippen LogP contribution in [0.3, 0.4) is 0 Å². The zero-order chi connectivity index (χ0) is 19.7. The molecule has 7 nitrogen and oxygen atoms in total. The molecule has 156 valence electrons. The summed E-state index contributed by atoms with van der Waals surface area (Å²) in [6, 6.07) is 5.91. The molecule has 0 bridgehead atoms. The Morgan fingerprint density at radius 3 is 2.24 bits per heavy atom. The van der Waals surface area contributed by atoms with Crippen LogP contribution in [0.15, 0.2) is 24.4 Å². The van der Waals surface area contributed by atoms with Gasteiger partial charge in [-0.1, -0.05) is 0 Å². The predicted octanol–water partition coefficient (Wildman–Crippen LogP) is 3.88. The zero-order valence-corrected chi connectivity index (χ0v) is 18.0. The first-order valence-electron chi connectivity index (χ1n) is 9.47. The first-order valence-corrected chi connectivity index (χ1v) is 9.47. The largest absolute Gasteiger partial charge is 0.493 e. The van der Waals surface area contributed by atoms with Crippen LogP contribution in [0.5, 0.6) is 17.2 Å². The number of fused-ring (bicyclic) bond motifs is 1. The number of hydrogen-bond acceptors (Lipinski definition) is 6. The molecule has 1 N–H and O–H groups in total. The van der Waals surface area contributed by atoms with E-state index in [0.29, 0.717) is 23.2 Å². The number of aromatic amines is 1. The van der Waals surface area contributed by atoms with Crippen molar-refractivity contribution in [3.05, 3.63) is 30.2 Å². The number of hydrogen-bond donors (Lipinski definition) is 1. The molecular formula is C21H27ClN4O3. The van der Waals surface area contributed by atoms with E-state index in [1.54, 1.807) is 21.3 Å². The van der Waals surface area contributed by atoms with Crippen molar-refractivity contribution in [2.45, 2.75) is 18.8 Å². The second-order valence-corrected chi connectivity index (χ2v) is 7.20. The van der Waals surface area contributed by atoms with Gasteiger partial charge in [0.15, 0.2) is 11.5 Å². The lowest BCUT2D eigenvalue weighted by molar-refractivity contribution is 0.251. The summed E-state index contributed by atoms with van der Waals surface area (Å²) in [4.78, 5) is 15.2. The quantitative estimate of drug-likeness (QED) is 0.677. The van der Waals surface area contributed by atoms with E-state index >= 15 is 0 Å². The van der Waals surface area contributed by atoms with Crippen LogP contribution in [-0.4, -0.2) is 61.3 Å². The summed E-state index contributed by atoms with van der Waals surface area (Å²) < 4.78 is 16.4. The van der Waals surface area contributed by atoms with Crippen molar-refractivity contribution in [3.8, 4) is 28.5 Å². The van der Waals surface area contributed by atoms with Crippen molar-refractivity contribution in [2.24, 2.45) is 0 Å². The summed E-state index contributed by atoms with van der Waals surface area (Å²) in [6.45, 7) is 2.19. The van der Waals surface area contributed by atoms with Gasteiger partial charge in [-0.2, -0.15) is 0 Å². The van der Waals surface area contributed by atoms with Crippen LogP contribution >= 0.6 is 12.4 Å². The number of benzene rings is 1. The van der Waals surface area contributed by atoms with E-state index in [-0.39, 0.29) is 12.4 Å². The van der Waals surface area contributed by atoms with Gasteiger partial charge in [0.1, 0.15) is 5.82 Å². The first kappa shape index (κ1) is 21.2. The molecule has 4 rings (SSSR count). The summed E-state index contributed by atoms with van der Waals surface area (Å²) in [6.07, 6.45) is 4.09. The molecular weight excluding hydrogens is 392 g/mol. The van der Waals surface area contributed by atoms with Gasteiger partial charge in [0, 0.05) is 17.2 Å². The number of H-pyrrole nitrogens is 1. The molecule has 3 aromatic rings. The van der Waals surface area contributed by atoms with Crippen LogP contribution in [0, 0.1) is 0 Å². The van der Waals surface area contributed by atoms with E-state index in [0.717, 1.165) is 54.0 Å². The fourth-order valence-corrected chi connectivity index (χ4v) is 3.79. The lowest BCUT2D eigenvalue weighted by atomic mass is 9.96. The maximum absolute atomic E-state index is 5.47. The van der Waals surface area contributed by atoms with Crippen LogP contribution in [0.25, 0.3) is 22.3 Å². The number of rotatable bonds is 5. The number of aromatic nitrogens is 3. The Bertz CT molecular complexity index is 958. The predicted molar refractivity (Wildman–Crippen MR) is 116 cm³/mol. The summed E-state index contributed by atoms with van der Waals surface area (Å²) in [5.41, 5.74) is 3.71. The molecule has 0 aliphatic carbocycles. The Morgan fingerprint density at radius 1 is 1.00 bits per heavy atom. The summed E-state index contributed by atoms with van der Waals surface area (Å²) in [7, 11) is 7.00. The minimum atomic E-state index is 0. The molecule has 0 amide bonds. The van der Waals surface area contributed by atoms with Gasteiger partial charge in [0.25, 0.3) is 0 Å². The molecule has 0 saturated carbocycles. The average Bonchev–Trinajstić information content (AvgIpc) is 3.16. The maximum Gasteiger partial charge on any atom is 0.203 e. The molecule has 1 aliphatic rings. The number of nitrogens with one attached hydrogen (secondary N) is 1. The number of halogens is 1. The van der Waals surface area contributed by atoms with E-state index < -0.39 is 0 Å². The number of nitrogens with zero attached hydrogens (tertiary/aromatic N) is 3. The van der Waals surface area contributed by atoms with Crippen molar-refractivity contribution in [2.75, 3.05) is 41.5 Å². The van der Waals surface area contributed by atoms with Crippen molar-refractivity contribution in [1.82, 2.24) is 19.9 Å². The highest BCUT2D eigenvalue weighted by atomic mass is 35.5. The summed E-state index contributed by atoms with van der Waals surface area (Å²) >= 11 is 0. The van der Waals surface area contributed by atoms with Crippen LogP contribution in [0.2, 0.25) is 0 Å². The number of piperidine rings is 1. The standard InChI is InChI=1S/C21H26N4O3.ClH/c1-25-7-5-13(6-8-25)21-22-12-17-16(24-21)11-15(23-17)14-9-18(26-2)20(28-4)19(10-14)27-3;/h9-13,23H,5-8H2,1-4H3;1H. The number of likely N-dealkylation sites (tertiary alicyclic amines) is 1. The van der Waals surface area contributed by atoms with Gasteiger partial charge in [-0.05, 0) is 51.2 Å². The van der Waals surface area contributed by atoms with Crippen LogP contribution in [0.1, 0.15) is 24.6 Å². The molecule has 29 heavy (non-hydrogen) atoms. The molecule has 1 aliphatic heterocycles. The molecule has 0 atom stereocenters. The number of ether oxygens (including phenoxy) is 3. The Balaban J connectivity index is 0.00000240. The Hall–Kier alpha value is -2.51. The van der Waals surface area contributed by atoms with E-state index in [9.17, 15) is 0 Å². The minimum absolute atomic E-state index is 0. The summed E-state index contributed by atoms with van der Waals surface area (Å²) in [5, 5.41) is 0. The molecule has 1 saturated heterocycles. The van der Waals surface area contributed by atoms with Crippen LogP contribution in [0.4, 0.5) is 0 Å². The second-order valence-electron chi connectivity index (χ2n) is 7.20. The van der Waals surface area contributed by atoms with Crippen LogP contribution in [-0.2, 0) is 0 Å². The Morgan fingerprint density at radius 2 is 1.66 bits per heavy atom. The highest BCUT2D eigenvalue weighted by Gasteiger charge is 2.21. The SMILES string of the molecule is COc1cc(-c2cc3nc(C4CCN(C)CC4)ncc3[nH]2)cc(OC)c1OC.Cl. The minimum Gasteiger partial charge on any atom is -0.493 e. The van der Waals surface area contributed by atoms with Gasteiger partial charge in [-0.3, -0.25) is 0 Å². The monoisotopic (exact) mass is 418 g/mol. The van der Waals surface area contributed by atoms with Crippen molar-refractivity contribution < 1.29 is 14.2 Å². The molecule has 2 aromatic heterocycles. The normalized spacial score (nSPS) is 15.2. The molecule has 1 aromatic carbocycles. The van der Waals surface area contributed by atoms with Crippen molar-refractivity contribution >= 4 is 23.4 Å².